The fraction of sp³-hybridized carbons (Fsp3) is 0.200. The Kier molecular flexibility index (Phi) is 5.94. The molecule has 1 aliphatic heterocycles. The molecule has 0 N–H and O–H groups in total. The number of halogens is 2. The van der Waals surface area contributed by atoms with E-state index in [4.69, 9.17) is 23.2 Å². The van der Waals surface area contributed by atoms with Crippen LogP contribution in [0.25, 0.3) is 22.0 Å². The van der Waals surface area contributed by atoms with Gasteiger partial charge in [0.05, 0.1) is 5.52 Å². The van der Waals surface area contributed by atoms with Gasteiger partial charge in [0.1, 0.15) is 5.02 Å². The van der Waals surface area contributed by atoms with Gasteiger partial charge in [0.2, 0.25) is 0 Å². The van der Waals surface area contributed by atoms with Crippen LogP contribution in [0.5, 0.6) is 0 Å². The number of rotatable bonds is 4. The number of benzene rings is 3. The molecule has 2 atom stereocenters. The summed E-state index contributed by atoms with van der Waals surface area (Å²) < 4.78 is 1.61. The minimum Gasteiger partial charge on any atom is -0.310 e. The van der Waals surface area contributed by atoms with Crippen LogP contribution in [0.15, 0.2) is 88.3 Å². The van der Waals surface area contributed by atoms with Crippen molar-refractivity contribution in [1.82, 2.24) is 4.57 Å². The molecule has 176 valence electrons. The molecule has 35 heavy (non-hydrogen) atoms. The number of aliphatic imine (C=N–C) groups is 1. The summed E-state index contributed by atoms with van der Waals surface area (Å²) in [5, 5.41) is 1.69. The predicted octanol–water partition coefficient (Wildman–Crippen LogP) is 7.73. The summed E-state index contributed by atoms with van der Waals surface area (Å²) in [6.45, 7) is 6.52. The highest BCUT2D eigenvalue weighted by atomic mass is 35.5. The first-order valence-electron chi connectivity index (χ1n) is 11.6. The van der Waals surface area contributed by atoms with Crippen LogP contribution in [0.3, 0.4) is 0 Å². The van der Waals surface area contributed by atoms with E-state index in [1.54, 1.807) is 11.6 Å². The molecule has 2 heterocycles. The Balaban J connectivity index is 1.85. The Morgan fingerprint density at radius 1 is 0.971 bits per heavy atom. The number of aromatic nitrogens is 1. The molecule has 4 aromatic rings. The van der Waals surface area contributed by atoms with Gasteiger partial charge in [0.25, 0.3) is 5.56 Å². The Bertz CT molecular complexity index is 1580. The van der Waals surface area contributed by atoms with Crippen molar-refractivity contribution in [2.45, 2.75) is 26.2 Å². The molecule has 0 amide bonds. The quantitative estimate of drug-likeness (QED) is 0.282. The number of nitrogens with zero attached hydrogens (tertiary/aromatic N) is 2. The van der Waals surface area contributed by atoms with E-state index in [9.17, 15) is 4.79 Å². The molecule has 5 rings (SSSR count). The van der Waals surface area contributed by atoms with Crippen LogP contribution in [0.4, 0.5) is 0 Å². The largest absolute Gasteiger partial charge is 0.310 e. The van der Waals surface area contributed by atoms with E-state index in [1.807, 2.05) is 42.7 Å². The van der Waals surface area contributed by atoms with Crippen molar-refractivity contribution in [2.75, 3.05) is 0 Å². The predicted molar refractivity (Wildman–Crippen MR) is 148 cm³/mol. The van der Waals surface area contributed by atoms with Crippen LogP contribution >= 0.6 is 23.2 Å². The van der Waals surface area contributed by atoms with Crippen LogP contribution < -0.4 is 5.56 Å². The third kappa shape index (κ3) is 3.84. The van der Waals surface area contributed by atoms with Gasteiger partial charge in [-0.2, -0.15) is 0 Å². The summed E-state index contributed by atoms with van der Waals surface area (Å²) in [5.41, 5.74) is 6.40. The Hall–Kier alpha value is -3.14. The van der Waals surface area contributed by atoms with Gasteiger partial charge < -0.3 is 4.57 Å². The maximum absolute atomic E-state index is 13.0. The summed E-state index contributed by atoms with van der Waals surface area (Å²) in [6.07, 6.45) is 3.97. The molecule has 3 nitrogen and oxygen atoms in total. The summed E-state index contributed by atoms with van der Waals surface area (Å²) in [7, 11) is 1.76. The minimum atomic E-state index is -0.426. The maximum Gasteiger partial charge on any atom is 0.270 e. The molecular weight excluding hydrogens is 475 g/mol. The zero-order valence-corrected chi connectivity index (χ0v) is 21.7. The van der Waals surface area contributed by atoms with Crippen LogP contribution in [-0.2, 0) is 12.5 Å². The van der Waals surface area contributed by atoms with Crippen molar-refractivity contribution in [1.29, 1.82) is 0 Å². The first kappa shape index (κ1) is 23.6. The highest BCUT2D eigenvalue weighted by molar-refractivity contribution is 6.35. The van der Waals surface area contributed by atoms with Gasteiger partial charge in [0.15, 0.2) is 0 Å². The lowest BCUT2D eigenvalue weighted by molar-refractivity contribution is 0.623. The normalized spacial score (nSPS) is 17.0. The molecule has 5 heteroatoms. The number of pyridine rings is 1. The van der Waals surface area contributed by atoms with Crippen molar-refractivity contribution in [3.05, 3.63) is 116 Å². The molecular formula is C30H26Cl2N2O. The van der Waals surface area contributed by atoms with E-state index in [0.717, 1.165) is 22.0 Å². The van der Waals surface area contributed by atoms with Crippen LogP contribution in [0, 0.1) is 12.8 Å². The number of allylic oxidation sites excluding steroid dienone is 1. The monoisotopic (exact) mass is 500 g/mol. The second kappa shape index (κ2) is 8.82. The number of hydrogen-bond acceptors (Lipinski definition) is 2. The second-order valence-electron chi connectivity index (χ2n) is 9.46. The summed E-state index contributed by atoms with van der Waals surface area (Å²) >= 11 is 13.0. The molecule has 0 spiro atoms. The third-order valence-corrected chi connectivity index (χ3v) is 7.84. The average Bonchev–Trinajstić information content (AvgIpc) is 3.29. The fourth-order valence-corrected chi connectivity index (χ4v) is 5.70. The van der Waals surface area contributed by atoms with Crippen molar-refractivity contribution in [2.24, 2.45) is 18.0 Å². The van der Waals surface area contributed by atoms with Crippen LogP contribution in [0.2, 0.25) is 10.0 Å². The van der Waals surface area contributed by atoms with E-state index >= 15 is 0 Å². The van der Waals surface area contributed by atoms with Gasteiger partial charge in [-0.1, -0.05) is 78.2 Å². The van der Waals surface area contributed by atoms with E-state index in [0.29, 0.717) is 10.6 Å². The molecule has 1 aliphatic rings. The van der Waals surface area contributed by atoms with Gasteiger partial charge in [-0.25, -0.2) is 0 Å². The van der Waals surface area contributed by atoms with E-state index in [-0.39, 0.29) is 16.5 Å². The highest BCUT2D eigenvalue weighted by Crippen LogP contribution is 2.45. The lowest BCUT2D eigenvalue weighted by Gasteiger charge is -2.35. The van der Waals surface area contributed by atoms with Gasteiger partial charge in [0, 0.05) is 46.8 Å². The van der Waals surface area contributed by atoms with Crippen molar-refractivity contribution >= 4 is 40.3 Å². The summed E-state index contributed by atoms with van der Waals surface area (Å²) in [5.74, 6) is 0.202. The summed E-state index contributed by atoms with van der Waals surface area (Å²) in [6, 6.07) is 22.5. The summed E-state index contributed by atoms with van der Waals surface area (Å²) in [4.78, 5) is 17.5. The molecule has 0 radical (unpaired) electrons. The molecule has 0 saturated heterocycles. The van der Waals surface area contributed by atoms with Gasteiger partial charge in [-0.05, 0) is 60.4 Å². The minimum absolute atomic E-state index is 0.188. The molecule has 1 aromatic heterocycles. The zero-order valence-electron chi connectivity index (χ0n) is 20.1. The molecule has 2 unspecified atom stereocenters. The molecule has 3 aromatic carbocycles. The average molecular weight is 501 g/mol. The smallest absolute Gasteiger partial charge is 0.270 e. The fourth-order valence-electron chi connectivity index (χ4n) is 5.17. The van der Waals surface area contributed by atoms with E-state index < -0.39 is 5.41 Å². The van der Waals surface area contributed by atoms with Gasteiger partial charge >= 0.3 is 0 Å². The van der Waals surface area contributed by atoms with E-state index in [1.165, 1.54) is 16.7 Å². The standard InChI is InChI=1S/C30H26Cl2N2O/c1-18-8-10-21(11-9-18)30(3,25-17-33-16-19(25)2)22-12-13-26-24(15-22)27(28(32)29(35)34(26)4)20-6-5-7-23(31)14-20/h5-17,19H,1-4H3. The Morgan fingerprint density at radius 3 is 2.34 bits per heavy atom. The van der Waals surface area contributed by atoms with Crippen molar-refractivity contribution in [3.63, 3.8) is 0 Å². The van der Waals surface area contributed by atoms with Crippen molar-refractivity contribution in [3.8, 4) is 11.1 Å². The molecule has 0 fully saturated rings. The topological polar surface area (TPSA) is 34.4 Å². The zero-order chi connectivity index (χ0) is 24.9. The van der Waals surface area contributed by atoms with Crippen LogP contribution in [0.1, 0.15) is 30.5 Å². The number of fused-ring (bicyclic) bond motifs is 1. The molecule has 0 aliphatic carbocycles. The third-order valence-electron chi connectivity index (χ3n) is 7.25. The van der Waals surface area contributed by atoms with Gasteiger partial charge in [-0.15, -0.1) is 0 Å². The first-order valence-corrected chi connectivity index (χ1v) is 12.4. The van der Waals surface area contributed by atoms with Gasteiger partial charge in [-0.3, -0.25) is 9.79 Å². The first-order chi connectivity index (χ1) is 16.7. The second-order valence-corrected chi connectivity index (χ2v) is 10.3. The number of hydrogen-bond donors (Lipinski definition) is 0. The lowest BCUT2D eigenvalue weighted by Crippen LogP contribution is -2.29. The number of aryl methyl sites for hydroxylation is 2. The van der Waals surface area contributed by atoms with Crippen molar-refractivity contribution < 1.29 is 0 Å². The molecule has 0 bridgehead atoms. The lowest BCUT2D eigenvalue weighted by atomic mass is 9.67. The molecule has 0 saturated carbocycles. The Labute approximate surface area is 215 Å². The van der Waals surface area contributed by atoms with E-state index in [2.05, 4.69) is 62.2 Å². The Morgan fingerprint density at radius 2 is 1.69 bits per heavy atom. The highest BCUT2D eigenvalue weighted by Gasteiger charge is 2.37. The SMILES string of the molecule is Cc1ccc(C(C)(C2=CN=CC2C)c2ccc3c(c2)c(-c2cccc(Cl)c2)c(Cl)c(=O)n3C)cc1. The maximum atomic E-state index is 13.0. The van der Waals surface area contributed by atoms with Crippen LogP contribution in [-0.4, -0.2) is 10.8 Å².